The van der Waals surface area contributed by atoms with E-state index in [0.29, 0.717) is 19.6 Å². The molecule has 2 rings (SSSR count). The molecule has 0 spiro atoms. The molecule has 0 atom stereocenters. The molecule has 1 aliphatic heterocycles. The molecule has 0 saturated carbocycles. The van der Waals surface area contributed by atoms with E-state index in [1.165, 1.54) is 6.07 Å². The van der Waals surface area contributed by atoms with Crippen molar-refractivity contribution in [1.82, 2.24) is 0 Å². The largest absolute Gasteiger partial charge is 0.489 e. The number of hydrogen-bond acceptors (Lipinski definition) is 5. The Morgan fingerprint density at radius 3 is 2.79 bits per heavy atom. The first-order valence-corrected chi connectivity index (χ1v) is 5.94. The zero-order valence-electron chi connectivity index (χ0n) is 10.4. The fourth-order valence-electron chi connectivity index (χ4n) is 1.68. The second-order valence-electron chi connectivity index (χ2n) is 3.89. The topological polar surface area (TPSA) is 61.8 Å². The number of ketones is 1. The second-order valence-corrected chi connectivity index (χ2v) is 3.89. The minimum atomic E-state index is -1.02. The van der Waals surface area contributed by atoms with E-state index in [0.717, 1.165) is 6.07 Å². The number of rotatable bonds is 3. The first kappa shape index (κ1) is 13.3. The fraction of sp³-hybridized carbons (Fsp3) is 0.385. The molecule has 102 valence electrons. The molecular weight excluding hydrogens is 255 g/mol. The van der Waals surface area contributed by atoms with E-state index in [9.17, 15) is 14.0 Å². The lowest BCUT2D eigenvalue weighted by Crippen LogP contribution is -2.17. The molecule has 0 amide bonds. The lowest BCUT2D eigenvalue weighted by molar-refractivity contribution is -0.137. The van der Waals surface area contributed by atoms with Gasteiger partial charge in [-0.05, 0) is 19.1 Å². The van der Waals surface area contributed by atoms with Crippen molar-refractivity contribution in [1.29, 1.82) is 0 Å². The Morgan fingerprint density at radius 1 is 1.32 bits per heavy atom. The van der Waals surface area contributed by atoms with Crippen molar-refractivity contribution in [2.24, 2.45) is 0 Å². The van der Waals surface area contributed by atoms with Crippen LogP contribution in [0.2, 0.25) is 0 Å². The molecule has 5 nitrogen and oxygen atoms in total. The van der Waals surface area contributed by atoms with Crippen molar-refractivity contribution in [3.63, 3.8) is 0 Å². The van der Waals surface area contributed by atoms with Gasteiger partial charge in [0.15, 0.2) is 17.3 Å². The molecular formula is C13H13FO5. The van der Waals surface area contributed by atoms with Crippen LogP contribution >= 0.6 is 0 Å². The Kier molecular flexibility index (Phi) is 3.99. The summed E-state index contributed by atoms with van der Waals surface area (Å²) in [6, 6.07) is 2.25. The van der Waals surface area contributed by atoms with Crippen molar-refractivity contribution in [2.45, 2.75) is 13.3 Å². The van der Waals surface area contributed by atoms with E-state index in [2.05, 4.69) is 4.74 Å². The Morgan fingerprint density at radius 2 is 2.05 bits per heavy atom. The van der Waals surface area contributed by atoms with Gasteiger partial charge in [0.05, 0.1) is 19.8 Å². The van der Waals surface area contributed by atoms with E-state index >= 15 is 0 Å². The van der Waals surface area contributed by atoms with Gasteiger partial charge in [-0.2, -0.15) is 0 Å². The summed E-state index contributed by atoms with van der Waals surface area (Å²) in [5.74, 6) is -2.55. The number of carbonyl (C=O) groups is 2. The van der Waals surface area contributed by atoms with Gasteiger partial charge in [0.25, 0.3) is 5.78 Å². The Balaban J connectivity index is 2.33. The molecule has 0 fully saturated rings. The lowest BCUT2D eigenvalue weighted by Gasteiger charge is -2.09. The van der Waals surface area contributed by atoms with Crippen LogP contribution in [-0.4, -0.2) is 31.6 Å². The number of carbonyl (C=O) groups excluding carboxylic acids is 2. The van der Waals surface area contributed by atoms with E-state index in [1.807, 2.05) is 0 Å². The number of fused-ring (bicyclic) bond motifs is 1. The summed E-state index contributed by atoms with van der Waals surface area (Å²) in [7, 11) is 0. The Bertz CT molecular complexity index is 512. The molecule has 0 aromatic heterocycles. The van der Waals surface area contributed by atoms with E-state index in [-0.39, 0.29) is 23.7 Å². The molecule has 1 heterocycles. The SMILES string of the molecule is CCOC(=O)C(=O)c1cc(F)c2c(c1)OCCCO2. The van der Waals surface area contributed by atoms with Gasteiger partial charge in [0.2, 0.25) is 0 Å². The summed E-state index contributed by atoms with van der Waals surface area (Å²) in [4.78, 5) is 23.0. The summed E-state index contributed by atoms with van der Waals surface area (Å²) in [6.07, 6.45) is 0.620. The third kappa shape index (κ3) is 2.83. The summed E-state index contributed by atoms with van der Waals surface area (Å²) < 4.78 is 28.9. The molecule has 1 aromatic rings. The van der Waals surface area contributed by atoms with Crippen LogP contribution in [0.25, 0.3) is 0 Å². The molecule has 6 heteroatoms. The predicted molar refractivity (Wildman–Crippen MR) is 63.0 cm³/mol. The normalized spacial score (nSPS) is 13.6. The molecule has 0 aliphatic carbocycles. The zero-order chi connectivity index (χ0) is 13.8. The molecule has 0 saturated heterocycles. The van der Waals surface area contributed by atoms with Gasteiger partial charge < -0.3 is 14.2 Å². The number of hydrogen-bond donors (Lipinski definition) is 0. The van der Waals surface area contributed by atoms with E-state index in [1.54, 1.807) is 6.92 Å². The van der Waals surface area contributed by atoms with Gasteiger partial charge in [-0.1, -0.05) is 0 Å². The quantitative estimate of drug-likeness (QED) is 0.474. The number of esters is 1. The first-order chi connectivity index (χ1) is 9.13. The molecule has 1 aromatic carbocycles. The van der Waals surface area contributed by atoms with Crippen LogP contribution in [-0.2, 0) is 9.53 Å². The van der Waals surface area contributed by atoms with Crippen LogP contribution < -0.4 is 9.47 Å². The predicted octanol–water partition coefficient (Wildman–Crippen LogP) is 1.73. The second kappa shape index (κ2) is 5.69. The summed E-state index contributed by atoms with van der Waals surface area (Å²) in [5.41, 5.74) is -0.111. The molecule has 0 radical (unpaired) electrons. The average molecular weight is 268 g/mol. The summed E-state index contributed by atoms with van der Waals surface area (Å²) in [6.45, 7) is 2.37. The highest BCUT2D eigenvalue weighted by Crippen LogP contribution is 2.33. The highest BCUT2D eigenvalue weighted by Gasteiger charge is 2.23. The minimum absolute atomic E-state index is 0.0297. The maximum atomic E-state index is 13.8. The standard InChI is InChI=1S/C13H13FO5/c1-2-17-13(16)11(15)8-6-9(14)12-10(7-8)18-4-3-5-19-12/h6-7H,2-5H2,1H3. The third-order valence-corrected chi connectivity index (χ3v) is 2.53. The maximum Gasteiger partial charge on any atom is 0.379 e. The molecule has 0 unspecified atom stereocenters. The van der Waals surface area contributed by atoms with E-state index in [4.69, 9.17) is 9.47 Å². The minimum Gasteiger partial charge on any atom is -0.489 e. The average Bonchev–Trinajstić information content (AvgIpc) is 2.63. The van der Waals surface area contributed by atoms with Gasteiger partial charge in [0.1, 0.15) is 0 Å². The fourth-order valence-corrected chi connectivity index (χ4v) is 1.68. The number of Topliss-reactive ketones (excluding diaryl/α,β-unsaturated/α-hetero) is 1. The number of ether oxygens (including phenoxy) is 3. The lowest BCUT2D eigenvalue weighted by atomic mass is 10.1. The van der Waals surface area contributed by atoms with Crippen LogP contribution in [0.5, 0.6) is 11.5 Å². The third-order valence-electron chi connectivity index (χ3n) is 2.53. The summed E-state index contributed by atoms with van der Waals surface area (Å²) >= 11 is 0. The van der Waals surface area contributed by atoms with Gasteiger partial charge >= 0.3 is 5.97 Å². The Labute approximate surface area is 109 Å². The highest BCUT2D eigenvalue weighted by molar-refractivity contribution is 6.40. The molecule has 19 heavy (non-hydrogen) atoms. The van der Waals surface area contributed by atoms with Crippen LogP contribution in [0.15, 0.2) is 12.1 Å². The van der Waals surface area contributed by atoms with Gasteiger partial charge in [-0.25, -0.2) is 9.18 Å². The van der Waals surface area contributed by atoms with Crippen molar-refractivity contribution < 1.29 is 28.2 Å². The van der Waals surface area contributed by atoms with Gasteiger partial charge in [-0.3, -0.25) is 4.79 Å². The molecule has 0 bridgehead atoms. The first-order valence-electron chi connectivity index (χ1n) is 5.94. The number of benzene rings is 1. The highest BCUT2D eigenvalue weighted by atomic mass is 19.1. The van der Waals surface area contributed by atoms with Crippen molar-refractivity contribution in [3.05, 3.63) is 23.5 Å². The van der Waals surface area contributed by atoms with Crippen molar-refractivity contribution in [2.75, 3.05) is 19.8 Å². The van der Waals surface area contributed by atoms with Crippen molar-refractivity contribution >= 4 is 11.8 Å². The maximum absolute atomic E-state index is 13.8. The Hall–Kier alpha value is -2.11. The van der Waals surface area contributed by atoms with Gasteiger partial charge in [-0.15, -0.1) is 0 Å². The van der Waals surface area contributed by atoms with Crippen LogP contribution in [0.3, 0.4) is 0 Å². The van der Waals surface area contributed by atoms with Crippen LogP contribution in [0.1, 0.15) is 23.7 Å². The zero-order valence-corrected chi connectivity index (χ0v) is 10.4. The van der Waals surface area contributed by atoms with Crippen LogP contribution in [0, 0.1) is 5.82 Å². The summed E-state index contributed by atoms with van der Waals surface area (Å²) in [5, 5.41) is 0. The van der Waals surface area contributed by atoms with Crippen LogP contribution in [0.4, 0.5) is 4.39 Å². The molecule has 0 N–H and O–H groups in total. The van der Waals surface area contributed by atoms with Crippen molar-refractivity contribution in [3.8, 4) is 11.5 Å². The molecule has 1 aliphatic rings. The smallest absolute Gasteiger partial charge is 0.379 e. The number of halogens is 1. The van der Waals surface area contributed by atoms with E-state index < -0.39 is 17.6 Å². The van der Waals surface area contributed by atoms with Gasteiger partial charge in [0, 0.05) is 12.0 Å². The monoisotopic (exact) mass is 268 g/mol.